The van der Waals surface area contributed by atoms with Crippen LogP contribution in [0.2, 0.25) is 0 Å². The number of aliphatic hydroxyl groups is 1. The van der Waals surface area contributed by atoms with E-state index in [-0.39, 0.29) is 5.92 Å². The summed E-state index contributed by atoms with van der Waals surface area (Å²) in [5.74, 6) is 1.47. The number of hydrogen-bond acceptors (Lipinski definition) is 3. The molecule has 3 atom stereocenters. The van der Waals surface area contributed by atoms with E-state index in [1.165, 1.54) is 6.42 Å². The third-order valence-corrected chi connectivity index (χ3v) is 4.10. The van der Waals surface area contributed by atoms with Crippen LogP contribution in [0.15, 0.2) is 6.20 Å². The van der Waals surface area contributed by atoms with Crippen LogP contribution < -0.4 is 4.74 Å². The highest BCUT2D eigenvalue weighted by Crippen LogP contribution is 2.46. The van der Waals surface area contributed by atoms with E-state index in [4.69, 9.17) is 4.74 Å². The predicted octanol–water partition coefficient (Wildman–Crippen LogP) is 2.07. The highest BCUT2D eigenvalue weighted by atomic mass is 16.5. The van der Waals surface area contributed by atoms with E-state index < -0.39 is 5.60 Å². The van der Waals surface area contributed by atoms with E-state index in [9.17, 15) is 5.11 Å². The Bertz CT molecular complexity index is 402. The molecule has 0 saturated heterocycles. The fourth-order valence-corrected chi connectivity index (χ4v) is 3.00. The SMILES string of the molecule is COc1cnn(C)c1C1(O)CC(C)CCC1C. The number of rotatable bonds is 2. The van der Waals surface area contributed by atoms with Gasteiger partial charge < -0.3 is 9.84 Å². The van der Waals surface area contributed by atoms with Crippen LogP contribution in [-0.4, -0.2) is 22.0 Å². The van der Waals surface area contributed by atoms with Crippen molar-refractivity contribution in [3.63, 3.8) is 0 Å². The van der Waals surface area contributed by atoms with Gasteiger partial charge >= 0.3 is 0 Å². The Hall–Kier alpha value is -1.03. The monoisotopic (exact) mass is 238 g/mol. The smallest absolute Gasteiger partial charge is 0.162 e. The third-order valence-electron chi connectivity index (χ3n) is 4.10. The third kappa shape index (κ3) is 1.95. The van der Waals surface area contributed by atoms with Gasteiger partial charge in [0.15, 0.2) is 5.75 Å². The molecule has 1 aromatic rings. The van der Waals surface area contributed by atoms with Crippen molar-refractivity contribution in [2.45, 2.75) is 38.7 Å². The molecule has 0 bridgehead atoms. The summed E-state index contributed by atoms with van der Waals surface area (Å²) in [7, 11) is 3.49. The average molecular weight is 238 g/mol. The summed E-state index contributed by atoms with van der Waals surface area (Å²) in [5.41, 5.74) is 0.00731. The summed E-state index contributed by atoms with van der Waals surface area (Å²) in [4.78, 5) is 0. The molecule has 1 heterocycles. The van der Waals surface area contributed by atoms with Crippen LogP contribution in [0, 0.1) is 11.8 Å². The minimum absolute atomic E-state index is 0.239. The Labute approximate surface area is 103 Å². The van der Waals surface area contributed by atoms with Gasteiger partial charge in [-0.05, 0) is 24.7 Å². The van der Waals surface area contributed by atoms with Crippen molar-refractivity contribution in [2.24, 2.45) is 18.9 Å². The largest absolute Gasteiger partial charge is 0.493 e. The molecule has 0 aromatic carbocycles. The molecule has 1 saturated carbocycles. The Morgan fingerprint density at radius 2 is 2.18 bits per heavy atom. The van der Waals surface area contributed by atoms with Gasteiger partial charge in [-0.25, -0.2) is 0 Å². The molecule has 1 fully saturated rings. The van der Waals surface area contributed by atoms with Gasteiger partial charge in [-0.3, -0.25) is 4.68 Å². The molecule has 17 heavy (non-hydrogen) atoms. The van der Waals surface area contributed by atoms with E-state index in [0.717, 1.165) is 18.5 Å². The maximum atomic E-state index is 11.0. The summed E-state index contributed by atoms with van der Waals surface area (Å²) >= 11 is 0. The van der Waals surface area contributed by atoms with E-state index >= 15 is 0 Å². The van der Waals surface area contributed by atoms with E-state index in [0.29, 0.717) is 11.7 Å². The first-order valence-electron chi connectivity index (χ1n) is 6.28. The van der Waals surface area contributed by atoms with Crippen molar-refractivity contribution in [1.29, 1.82) is 0 Å². The molecule has 1 aromatic heterocycles. The zero-order valence-electron chi connectivity index (χ0n) is 11.1. The van der Waals surface area contributed by atoms with Crippen LogP contribution in [0.25, 0.3) is 0 Å². The summed E-state index contributed by atoms with van der Waals surface area (Å²) in [5, 5.41) is 15.2. The highest BCUT2D eigenvalue weighted by molar-refractivity contribution is 5.31. The highest BCUT2D eigenvalue weighted by Gasteiger charge is 2.44. The second kappa shape index (κ2) is 4.33. The predicted molar refractivity (Wildman–Crippen MR) is 65.8 cm³/mol. The van der Waals surface area contributed by atoms with E-state index in [1.807, 2.05) is 7.05 Å². The molecule has 2 rings (SSSR count). The van der Waals surface area contributed by atoms with Gasteiger partial charge in [0.25, 0.3) is 0 Å². The Morgan fingerprint density at radius 3 is 2.82 bits per heavy atom. The molecule has 1 aliphatic rings. The number of ether oxygens (including phenoxy) is 1. The van der Waals surface area contributed by atoms with Crippen LogP contribution in [0.4, 0.5) is 0 Å². The van der Waals surface area contributed by atoms with Crippen molar-refractivity contribution in [1.82, 2.24) is 9.78 Å². The molecule has 0 spiro atoms. The van der Waals surface area contributed by atoms with Gasteiger partial charge in [-0.2, -0.15) is 5.10 Å². The topological polar surface area (TPSA) is 47.3 Å². The lowest BCUT2D eigenvalue weighted by atomic mass is 9.70. The van der Waals surface area contributed by atoms with Gasteiger partial charge in [0.2, 0.25) is 0 Å². The normalized spacial score (nSPS) is 33.7. The summed E-state index contributed by atoms with van der Waals surface area (Å²) in [6.07, 6.45) is 4.69. The standard InChI is InChI=1S/C13H22N2O2/c1-9-5-6-10(2)13(16,7-9)12-11(17-4)8-14-15(12)3/h8-10,16H,5-7H2,1-4H3. The molecular formula is C13H22N2O2. The van der Waals surface area contributed by atoms with E-state index in [2.05, 4.69) is 18.9 Å². The van der Waals surface area contributed by atoms with Crippen LogP contribution in [-0.2, 0) is 12.6 Å². The van der Waals surface area contributed by atoms with Crippen LogP contribution in [0.1, 0.15) is 38.8 Å². The number of methoxy groups -OCH3 is 1. The van der Waals surface area contributed by atoms with Gasteiger partial charge in [0, 0.05) is 7.05 Å². The van der Waals surface area contributed by atoms with Crippen molar-refractivity contribution < 1.29 is 9.84 Å². The zero-order chi connectivity index (χ0) is 12.6. The fourth-order valence-electron chi connectivity index (χ4n) is 3.00. The molecule has 96 valence electrons. The van der Waals surface area contributed by atoms with Crippen molar-refractivity contribution in [3.8, 4) is 5.75 Å². The first kappa shape index (κ1) is 12.4. The molecule has 0 radical (unpaired) electrons. The summed E-state index contributed by atoms with van der Waals surface area (Å²) in [6, 6.07) is 0. The Morgan fingerprint density at radius 1 is 1.47 bits per heavy atom. The fraction of sp³-hybridized carbons (Fsp3) is 0.769. The van der Waals surface area contributed by atoms with Crippen molar-refractivity contribution >= 4 is 0 Å². The Kier molecular flexibility index (Phi) is 3.17. The first-order valence-corrected chi connectivity index (χ1v) is 6.28. The molecule has 1 aliphatic carbocycles. The van der Waals surface area contributed by atoms with Crippen LogP contribution >= 0.6 is 0 Å². The molecule has 4 heteroatoms. The van der Waals surface area contributed by atoms with Gasteiger partial charge in [-0.1, -0.05) is 20.3 Å². The number of aryl methyl sites for hydroxylation is 1. The van der Waals surface area contributed by atoms with Gasteiger partial charge in [0.1, 0.15) is 11.3 Å². The minimum Gasteiger partial charge on any atom is -0.493 e. The molecular weight excluding hydrogens is 216 g/mol. The molecule has 0 aliphatic heterocycles. The lowest BCUT2D eigenvalue weighted by molar-refractivity contribution is -0.0701. The molecule has 4 nitrogen and oxygen atoms in total. The number of aromatic nitrogens is 2. The van der Waals surface area contributed by atoms with E-state index in [1.54, 1.807) is 18.0 Å². The van der Waals surface area contributed by atoms with Crippen molar-refractivity contribution in [2.75, 3.05) is 7.11 Å². The lowest BCUT2D eigenvalue weighted by Gasteiger charge is -2.41. The maximum absolute atomic E-state index is 11.0. The zero-order valence-corrected chi connectivity index (χ0v) is 11.1. The molecule has 3 unspecified atom stereocenters. The van der Waals surface area contributed by atoms with Crippen LogP contribution in [0.5, 0.6) is 5.75 Å². The van der Waals surface area contributed by atoms with Gasteiger partial charge in [-0.15, -0.1) is 0 Å². The quantitative estimate of drug-likeness (QED) is 0.858. The second-order valence-electron chi connectivity index (χ2n) is 5.40. The lowest BCUT2D eigenvalue weighted by Crippen LogP contribution is -2.41. The second-order valence-corrected chi connectivity index (χ2v) is 5.40. The van der Waals surface area contributed by atoms with Gasteiger partial charge in [0.05, 0.1) is 13.3 Å². The summed E-state index contributed by atoms with van der Waals surface area (Å²) < 4.78 is 7.07. The van der Waals surface area contributed by atoms with Crippen LogP contribution in [0.3, 0.4) is 0 Å². The minimum atomic E-state index is -0.811. The Balaban J connectivity index is 2.44. The first-order chi connectivity index (χ1) is 7.99. The van der Waals surface area contributed by atoms with Crippen molar-refractivity contribution in [3.05, 3.63) is 11.9 Å². The molecule has 1 N–H and O–H groups in total. The average Bonchev–Trinajstić information content (AvgIpc) is 2.66. The summed E-state index contributed by atoms with van der Waals surface area (Å²) in [6.45, 7) is 4.30. The maximum Gasteiger partial charge on any atom is 0.162 e. The number of nitrogens with zero attached hydrogens (tertiary/aromatic N) is 2. The number of hydrogen-bond donors (Lipinski definition) is 1. The molecule has 0 amide bonds.